The first-order chi connectivity index (χ1) is 12.2. The van der Waals surface area contributed by atoms with E-state index in [-0.39, 0.29) is 26.1 Å². The van der Waals surface area contributed by atoms with Gasteiger partial charge in [-0.2, -0.15) is 0 Å². The largest absolute Gasteiger partial charge is 0.459 e. The van der Waals surface area contributed by atoms with E-state index in [4.69, 9.17) is 15.2 Å². The van der Waals surface area contributed by atoms with E-state index in [0.29, 0.717) is 0 Å². The summed E-state index contributed by atoms with van der Waals surface area (Å²) in [5, 5.41) is 4.93. The minimum atomic E-state index is -0.855. The zero-order valence-electron chi connectivity index (χ0n) is 15.4. The smallest absolute Gasteiger partial charge is 0.407 e. The monoisotopic (exact) mass is 365 g/mol. The van der Waals surface area contributed by atoms with Gasteiger partial charge in [0.1, 0.15) is 18.8 Å². The Morgan fingerprint density at radius 3 is 2.38 bits per heavy atom. The number of esters is 1. The number of hydrogen-bond donors (Lipinski definition) is 3. The van der Waals surface area contributed by atoms with E-state index >= 15 is 0 Å². The van der Waals surface area contributed by atoms with Gasteiger partial charge in [0.25, 0.3) is 0 Å². The molecule has 0 fully saturated rings. The fourth-order valence-electron chi connectivity index (χ4n) is 1.90. The maximum absolute atomic E-state index is 11.8. The van der Waals surface area contributed by atoms with E-state index in [1.165, 1.54) is 0 Å². The average Bonchev–Trinajstić information content (AvgIpc) is 2.57. The molecule has 1 aromatic carbocycles. The van der Waals surface area contributed by atoms with Crippen LogP contribution in [0.15, 0.2) is 30.3 Å². The van der Waals surface area contributed by atoms with Gasteiger partial charge in [-0.25, -0.2) is 4.79 Å². The summed E-state index contributed by atoms with van der Waals surface area (Å²) in [6, 6.07) is 8.42. The van der Waals surface area contributed by atoms with Crippen LogP contribution in [0.5, 0.6) is 0 Å². The minimum absolute atomic E-state index is 0.162. The van der Waals surface area contributed by atoms with Gasteiger partial charge in [-0.1, -0.05) is 30.3 Å². The molecule has 0 heterocycles. The predicted octanol–water partition coefficient (Wildman–Crippen LogP) is 1.09. The van der Waals surface area contributed by atoms with Crippen molar-refractivity contribution in [3.05, 3.63) is 35.9 Å². The highest BCUT2D eigenvalue weighted by molar-refractivity contribution is 5.85. The Morgan fingerprint density at radius 2 is 1.77 bits per heavy atom. The quantitative estimate of drug-likeness (QED) is 0.593. The molecule has 1 rings (SSSR count). The number of alkyl carbamates (subject to hydrolysis) is 1. The van der Waals surface area contributed by atoms with E-state index in [9.17, 15) is 14.4 Å². The van der Waals surface area contributed by atoms with Crippen molar-refractivity contribution in [2.75, 3.05) is 13.1 Å². The van der Waals surface area contributed by atoms with Crippen LogP contribution in [0.1, 0.15) is 32.8 Å². The lowest BCUT2D eigenvalue weighted by atomic mass is 10.2. The zero-order valence-corrected chi connectivity index (χ0v) is 15.4. The van der Waals surface area contributed by atoms with Crippen LogP contribution in [0, 0.1) is 0 Å². The van der Waals surface area contributed by atoms with Crippen LogP contribution in [0.4, 0.5) is 4.79 Å². The average molecular weight is 365 g/mol. The molecular weight excluding hydrogens is 338 g/mol. The number of ether oxygens (including phenoxy) is 2. The summed E-state index contributed by atoms with van der Waals surface area (Å²) in [5.74, 6) is -1.03. The first kappa shape index (κ1) is 21.4. The zero-order chi connectivity index (χ0) is 19.6. The Morgan fingerprint density at radius 1 is 1.12 bits per heavy atom. The number of amides is 2. The third-order valence-corrected chi connectivity index (χ3v) is 3.10. The molecule has 0 aliphatic rings. The second kappa shape index (κ2) is 10.4. The lowest BCUT2D eigenvalue weighted by Gasteiger charge is -2.20. The molecule has 1 aromatic rings. The van der Waals surface area contributed by atoms with Gasteiger partial charge in [0.15, 0.2) is 0 Å². The molecule has 8 heteroatoms. The van der Waals surface area contributed by atoms with Crippen molar-refractivity contribution in [1.29, 1.82) is 0 Å². The number of carbonyl (C=O) groups excluding carboxylic acids is 3. The van der Waals surface area contributed by atoms with Crippen LogP contribution >= 0.6 is 0 Å². The first-order valence-corrected chi connectivity index (χ1v) is 8.37. The summed E-state index contributed by atoms with van der Waals surface area (Å²) in [5.41, 5.74) is 5.98. The maximum Gasteiger partial charge on any atom is 0.407 e. The van der Waals surface area contributed by atoms with Crippen LogP contribution in [0.25, 0.3) is 0 Å². The van der Waals surface area contributed by atoms with Crippen molar-refractivity contribution < 1.29 is 23.9 Å². The van der Waals surface area contributed by atoms with Gasteiger partial charge in [0, 0.05) is 6.54 Å². The summed E-state index contributed by atoms with van der Waals surface area (Å²) in [7, 11) is 0. The van der Waals surface area contributed by atoms with Crippen molar-refractivity contribution in [2.24, 2.45) is 5.73 Å². The highest BCUT2D eigenvalue weighted by Crippen LogP contribution is 2.06. The van der Waals surface area contributed by atoms with E-state index in [0.717, 1.165) is 5.56 Å². The molecule has 0 unspecified atom stereocenters. The van der Waals surface area contributed by atoms with Gasteiger partial charge in [-0.15, -0.1) is 0 Å². The maximum atomic E-state index is 11.8. The normalized spacial score (nSPS) is 12.0. The number of carbonyl (C=O) groups is 3. The standard InChI is InChI=1S/C18H27N3O5/c1-18(2,3)26-15(22)11-21-16(23)14(19)9-10-20-17(24)25-12-13-7-5-4-6-8-13/h4-8,14H,9-12,19H2,1-3H3,(H,20,24)(H,21,23)/t14-/m0/s1. The number of nitrogens with one attached hydrogen (secondary N) is 2. The van der Waals surface area contributed by atoms with Crippen molar-refractivity contribution in [2.45, 2.75) is 45.4 Å². The van der Waals surface area contributed by atoms with Crippen molar-refractivity contribution >= 4 is 18.0 Å². The summed E-state index contributed by atoms with van der Waals surface area (Å²) in [6.07, 6.45) is -0.379. The Kier molecular flexibility index (Phi) is 8.57. The fraction of sp³-hybridized carbons (Fsp3) is 0.500. The molecule has 2 amide bonds. The highest BCUT2D eigenvalue weighted by Gasteiger charge is 2.19. The van der Waals surface area contributed by atoms with Crippen LogP contribution in [0.3, 0.4) is 0 Å². The van der Waals surface area contributed by atoms with E-state index in [1.807, 2.05) is 30.3 Å². The van der Waals surface area contributed by atoms with Crippen molar-refractivity contribution in [3.63, 3.8) is 0 Å². The molecule has 0 bridgehead atoms. The second-order valence-corrected chi connectivity index (χ2v) is 6.69. The third-order valence-electron chi connectivity index (χ3n) is 3.10. The van der Waals surface area contributed by atoms with Gasteiger partial charge in [-0.3, -0.25) is 9.59 Å². The summed E-state index contributed by atoms with van der Waals surface area (Å²) >= 11 is 0. The Bertz CT molecular complexity index is 599. The Hall–Kier alpha value is -2.61. The molecule has 0 spiro atoms. The molecule has 8 nitrogen and oxygen atoms in total. The Balaban J connectivity index is 2.18. The van der Waals surface area contributed by atoms with Crippen LogP contribution < -0.4 is 16.4 Å². The van der Waals surface area contributed by atoms with Gasteiger partial charge in [0.05, 0.1) is 6.04 Å². The van der Waals surface area contributed by atoms with E-state index < -0.39 is 29.6 Å². The van der Waals surface area contributed by atoms with Crippen molar-refractivity contribution in [3.8, 4) is 0 Å². The number of rotatable bonds is 8. The molecule has 0 saturated heterocycles. The molecule has 26 heavy (non-hydrogen) atoms. The molecule has 0 aliphatic heterocycles. The second-order valence-electron chi connectivity index (χ2n) is 6.69. The predicted molar refractivity (Wildman–Crippen MR) is 96.1 cm³/mol. The number of nitrogens with two attached hydrogens (primary N) is 1. The molecule has 0 aliphatic carbocycles. The van der Waals surface area contributed by atoms with Crippen molar-refractivity contribution in [1.82, 2.24) is 10.6 Å². The lowest BCUT2D eigenvalue weighted by molar-refractivity contribution is -0.154. The molecule has 0 radical (unpaired) electrons. The molecule has 4 N–H and O–H groups in total. The molecule has 1 atom stereocenters. The lowest BCUT2D eigenvalue weighted by Crippen LogP contribution is -2.45. The fourth-order valence-corrected chi connectivity index (χ4v) is 1.90. The van der Waals surface area contributed by atoms with Gasteiger partial charge >= 0.3 is 12.1 Å². The van der Waals surface area contributed by atoms with Crippen LogP contribution in [0.2, 0.25) is 0 Å². The number of benzene rings is 1. The molecule has 144 valence electrons. The Labute approximate surface area is 153 Å². The summed E-state index contributed by atoms with van der Waals surface area (Å²) < 4.78 is 10.1. The van der Waals surface area contributed by atoms with E-state index in [2.05, 4.69) is 10.6 Å². The van der Waals surface area contributed by atoms with Gasteiger partial charge in [-0.05, 0) is 32.8 Å². The first-order valence-electron chi connectivity index (χ1n) is 8.37. The number of hydrogen-bond acceptors (Lipinski definition) is 6. The third kappa shape index (κ3) is 9.63. The van der Waals surface area contributed by atoms with Crippen LogP contribution in [-0.2, 0) is 25.7 Å². The van der Waals surface area contributed by atoms with Gasteiger partial charge < -0.3 is 25.8 Å². The topological polar surface area (TPSA) is 120 Å². The molecule has 0 saturated carbocycles. The molecule has 0 aromatic heterocycles. The summed E-state index contributed by atoms with van der Waals surface area (Å²) in [4.78, 5) is 34.9. The van der Waals surface area contributed by atoms with Gasteiger partial charge in [0.2, 0.25) is 5.91 Å². The highest BCUT2D eigenvalue weighted by atomic mass is 16.6. The van der Waals surface area contributed by atoms with E-state index in [1.54, 1.807) is 20.8 Å². The SMILES string of the molecule is CC(C)(C)OC(=O)CNC(=O)[C@@H](N)CCNC(=O)OCc1ccccc1. The van der Waals surface area contributed by atoms with Crippen LogP contribution in [-0.4, -0.2) is 42.7 Å². The minimum Gasteiger partial charge on any atom is -0.459 e. The molecular formula is C18H27N3O5. The summed E-state index contributed by atoms with van der Waals surface area (Å²) in [6.45, 7) is 5.29.